The summed E-state index contributed by atoms with van der Waals surface area (Å²) in [5.74, 6) is 0.0872. The van der Waals surface area contributed by atoms with E-state index in [0.29, 0.717) is 51.4 Å². The minimum Gasteiger partial charge on any atom is -0.473 e. The summed E-state index contributed by atoms with van der Waals surface area (Å²) in [7, 11) is 0. The third-order valence-electron chi connectivity index (χ3n) is 5.16. The van der Waals surface area contributed by atoms with E-state index >= 15 is 0 Å². The lowest BCUT2D eigenvalue weighted by atomic mass is 9.77. The van der Waals surface area contributed by atoms with Crippen LogP contribution in [0.25, 0.3) is 0 Å². The number of ether oxygens (including phenoxy) is 3. The van der Waals surface area contributed by atoms with Gasteiger partial charge in [-0.1, -0.05) is 30.3 Å². The molecule has 1 aromatic carbocycles. The summed E-state index contributed by atoms with van der Waals surface area (Å²) >= 11 is 0. The van der Waals surface area contributed by atoms with Crippen molar-refractivity contribution < 1.29 is 19.3 Å². The number of aliphatic hydroxyl groups is 1. The smallest absolute Gasteiger partial charge is 0.213 e. The van der Waals surface area contributed by atoms with E-state index in [9.17, 15) is 5.11 Å². The quantitative estimate of drug-likeness (QED) is 0.925. The number of hydrogen-bond acceptors (Lipinski definition) is 5. The zero-order valence-electron chi connectivity index (χ0n) is 14.2. The van der Waals surface area contributed by atoms with E-state index in [4.69, 9.17) is 14.2 Å². The van der Waals surface area contributed by atoms with E-state index in [1.54, 1.807) is 6.20 Å². The van der Waals surface area contributed by atoms with Crippen LogP contribution in [-0.4, -0.2) is 29.1 Å². The summed E-state index contributed by atoms with van der Waals surface area (Å²) in [6.07, 6.45) is 4.35. The predicted molar refractivity (Wildman–Crippen MR) is 92.0 cm³/mol. The van der Waals surface area contributed by atoms with E-state index in [2.05, 4.69) is 4.98 Å². The van der Waals surface area contributed by atoms with Crippen LogP contribution in [0.1, 0.15) is 36.8 Å². The Morgan fingerprint density at radius 1 is 0.960 bits per heavy atom. The van der Waals surface area contributed by atoms with Crippen LogP contribution < -0.4 is 4.74 Å². The molecule has 1 aliphatic heterocycles. The van der Waals surface area contributed by atoms with Crippen molar-refractivity contribution in [2.24, 2.45) is 0 Å². The number of aromatic nitrogens is 1. The molecule has 2 heterocycles. The molecule has 25 heavy (non-hydrogen) atoms. The molecule has 2 fully saturated rings. The van der Waals surface area contributed by atoms with Crippen LogP contribution in [0.3, 0.4) is 0 Å². The number of pyridine rings is 1. The Morgan fingerprint density at radius 3 is 2.32 bits per heavy atom. The van der Waals surface area contributed by atoms with E-state index < -0.39 is 11.4 Å². The van der Waals surface area contributed by atoms with Gasteiger partial charge >= 0.3 is 0 Å². The summed E-state index contributed by atoms with van der Waals surface area (Å²) in [5, 5.41) is 11.0. The molecule has 5 nitrogen and oxygen atoms in total. The number of benzene rings is 1. The molecule has 1 N–H and O–H groups in total. The number of hydrogen-bond donors (Lipinski definition) is 1. The van der Waals surface area contributed by atoms with Gasteiger partial charge in [-0.25, -0.2) is 4.98 Å². The highest BCUT2D eigenvalue weighted by molar-refractivity contribution is 5.25. The molecule has 1 spiro atoms. The molecule has 4 rings (SSSR count). The van der Waals surface area contributed by atoms with Gasteiger partial charge in [0.1, 0.15) is 6.61 Å². The van der Waals surface area contributed by atoms with Crippen LogP contribution in [0.4, 0.5) is 0 Å². The van der Waals surface area contributed by atoms with Crippen molar-refractivity contribution in [3.8, 4) is 5.88 Å². The number of rotatable bonds is 4. The van der Waals surface area contributed by atoms with Crippen LogP contribution in [0, 0.1) is 0 Å². The highest BCUT2D eigenvalue weighted by atomic mass is 16.7. The van der Waals surface area contributed by atoms with E-state index in [1.807, 2.05) is 42.5 Å². The Bertz CT molecular complexity index is 685. The molecule has 0 bridgehead atoms. The number of nitrogens with zero attached hydrogens (tertiary/aromatic N) is 1. The van der Waals surface area contributed by atoms with Crippen LogP contribution in [0.5, 0.6) is 5.88 Å². The van der Waals surface area contributed by atoms with Gasteiger partial charge in [0.25, 0.3) is 0 Å². The summed E-state index contributed by atoms with van der Waals surface area (Å²) in [4.78, 5) is 4.36. The third kappa shape index (κ3) is 3.54. The van der Waals surface area contributed by atoms with Gasteiger partial charge in [-0.05, 0) is 24.5 Å². The Hall–Kier alpha value is -1.95. The molecule has 1 aromatic heterocycles. The molecule has 0 atom stereocenters. The molecule has 1 saturated heterocycles. The molecular formula is C20H23NO4. The molecule has 5 heteroatoms. The lowest BCUT2D eigenvalue weighted by Gasteiger charge is -2.40. The minimum atomic E-state index is -0.870. The van der Waals surface area contributed by atoms with Crippen molar-refractivity contribution in [3.05, 3.63) is 59.8 Å². The first kappa shape index (κ1) is 16.5. The highest BCUT2D eigenvalue weighted by Gasteiger charge is 2.46. The first-order valence-corrected chi connectivity index (χ1v) is 8.81. The fourth-order valence-electron chi connectivity index (χ4n) is 3.59. The highest BCUT2D eigenvalue weighted by Crippen LogP contribution is 2.44. The van der Waals surface area contributed by atoms with Crippen molar-refractivity contribution in [1.82, 2.24) is 4.98 Å². The molecule has 132 valence electrons. The molecule has 0 amide bonds. The Kier molecular flexibility index (Phi) is 4.46. The lowest BCUT2D eigenvalue weighted by molar-refractivity contribution is -0.204. The van der Waals surface area contributed by atoms with Crippen LogP contribution >= 0.6 is 0 Å². The molecule has 1 aliphatic carbocycles. The fourth-order valence-corrected chi connectivity index (χ4v) is 3.59. The van der Waals surface area contributed by atoms with Gasteiger partial charge in [0, 0.05) is 30.7 Å². The largest absolute Gasteiger partial charge is 0.473 e. The molecule has 0 unspecified atom stereocenters. The first-order valence-electron chi connectivity index (χ1n) is 8.81. The summed E-state index contributed by atoms with van der Waals surface area (Å²) in [5.41, 5.74) is 1.06. The maximum absolute atomic E-state index is 11.0. The fraction of sp³-hybridized carbons (Fsp3) is 0.450. The second kappa shape index (κ2) is 6.75. The van der Waals surface area contributed by atoms with E-state index in [1.165, 1.54) is 0 Å². The second-order valence-corrected chi connectivity index (χ2v) is 6.80. The molecule has 2 aliphatic rings. The SMILES string of the molecule is OC1(c2ccc(OCc3ccccc3)nc2)CCC2(CC1)OCCO2. The second-order valence-electron chi connectivity index (χ2n) is 6.80. The van der Waals surface area contributed by atoms with Crippen molar-refractivity contribution >= 4 is 0 Å². The van der Waals surface area contributed by atoms with Crippen molar-refractivity contribution in [3.63, 3.8) is 0 Å². The summed E-state index contributed by atoms with van der Waals surface area (Å²) in [6.45, 7) is 1.77. The van der Waals surface area contributed by atoms with Gasteiger partial charge in [0.05, 0.1) is 18.8 Å². The Morgan fingerprint density at radius 2 is 1.68 bits per heavy atom. The molecule has 0 radical (unpaired) electrons. The Balaban J connectivity index is 1.38. The average Bonchev–Trinajstić information content (AvgIpc) is 3.13. The lowest BCUT2D eigenvalue weighted by Crippen LogP contribution is -2.42. The molecule has 1 saturated carbocycles. The zero-order chi connectivity index (χ0) is 17.2. The van der Waals surface area contributed by atoms with Crippen LogP contribution in [0.15, 0.2) is 48.7 Å². The summed E-state index contributed by atoms with van der Waals surface area (Å²) < 4.78 is 17.2. The van der Waals surface area contributed by atoms with Gasteiger partial charge < -0.3 is 19.3 Å². The van der Waals surface area contributed by atoms with Crippen LogP contribution in [-0.2, 0) is 21.7 Å². The minimum absolute atomic E-state index is 0.474. The van der Waals surface area contributed by atoms with Crippen molar-refractivity contribution in [1.29, 1.82) is 0 Å². The van der Waals surface area contributed by atoms with Gasteiger partial charge in [-0.2, -0.15) is 0 Å². The van der Waals surface area contributed by atoms with Gasteiger partial charge in [-0.15, -0.1) is 0 Å². The maximum atomic E-state index is 11.0. The van der Waals surface area contributed by atoms with Gasteiger partial charge in [-0.3, -0.25) is 0 Å². The predicted octanol–water partition coefficient (Wildman–Crippen LogP) is 3.17. The third-order valence-corrected chi connectivity index (χ3v) is 5.16. The first-order chi connectivity index (χ1) is 12.2. The molecule has 2 aromatic rings. The Labute approximate surface area is 147 Å². The summed E-state index contributed by atoms with van der Waals surface area (Å²) in [6, 6.07) is 13.7. The molecular weight excluding hydrogens is 318 g/mol. The van der Waals surface area contributed by atoms with Crippen LogP contribution in [0.2, 0.25) is 0 Å². The van der Waals surface area contributed by atoms with Crippen molar-refractivity contribution in [2.45, 2.75) is 43.7 Å². The average molecular weight is 341 g/mol. The monoisotopic (exact) mass is 341 g/mol. The van der Waals surface area contributed by atoms with Gasteiger partial charge in [0.2, 0.25) is 5.88 Å². The standard InChI is InChI=1S/C20H23NO4/c22-19(8-10-20(11-9-19)24-12-13-25-20)17-6-7-18(21-14-17)23-15-16-4-2-1-3-5-16/h1-7,14,22H,8-13,15H2. The van der Waals surface area contributed by atoms with E-state index in [0.717, 1.165) is 11.1 Å². The zero-order valence-corrected chi connectivity index (χ0v) is 14.2. The van der Waals surface area contributed by atoms with Crippen molar-refractivity contribution in [2.75, 3.05) is 13.2 Å². The topological polar surface area (TPSA) is 60.8 Å². The van der Waals surface area contributed by atoms with Gasteiger partial charge in [0.15, 0.2) is 5.79 Å². The normalized spacial score (nSPS) is 21.3. The van der Waals surface area contributed by atoms with E-state index in [-0.39, 0.29) is 0 Å². The maximum Gasteiger partial charge on any atom is 0.213 e.